The van der Waals surface area contributed by atoms with E-state index in [0.717, 1.165) is 12.1 Å². The van der Waals surface area contributed by atoms with Gasteiger partial charge in [0.1, 0.15) is 11.5 Å². The maximum Gasteiger partial charge on any atom is 0.309 e. The summed E-state index contributed by atoms with van der Waals surface area (Å²) >= 11 is 0. The molecule has 2 N–H and O–H groups in total. The third-order valence-electron chi connectivity index (χ3n) is 4.57. The summed E-state index contributed by atoms with van der Waals surface area (Å²) in [6.07, 6.45) is 0.333. The number of hydrogen-bond donors (Lipinski definition) is 2. The monoisotopic (exact) mass is 379 g/mol. The third-order valence-corrected chi connectivity index (χ3v) is 4.57. The highest BCUT2D eigenvalue weighted by Crippen LogP contribution is 2.22. The first-order valence-electron chi connectivity index (χ1n) is 8.53. The van der Waals surface area contributed by atoms with Crippen LogP contribution in [0.5, 0.6) is 0 Å². The summed E-state index contributed by atoms with van der Waals surface area (Å²) in [6, 6.07) is 3.22. The van der Waals surface area contributed by atoms with Crippen LogP contribution in [0.4, 0.5) is 8.78 Å². The Bertz CT molecular complexity index is 875. The molecule has 0 unspecified atom stereocenters. The summed E-state index contributed by atoms with van der Waals surface area (Å²) in [7, 11) is 0. The number of carboxylic acids is 1. The number of hydrogen-bond acceptors (Lipinski definition) is 3. The van der Waals surface area contributed by atoms with Crippen molar-refractivity contribution in [3.63, 3.8) is 0 Å². The van der Waals surface area contributed by atoms with Gasteiger partial charge in [0, 0.05) is 23.9 Å². The number of carboxylic acid groups (broad SMARTS) is 1. The second kappa shape index (κ2) is 7.85. The Labute approximate surface area is 156 Å². The van der Waals surface area contributed by atoms with Crippen LogP contribution in [-0.2, 0) is 16.0 Å². The van der Waals surface area contributed by atoms with Gasteiger partial charge in [-0.15, -0.1) is 0 Å². The van der Waals surface area contributed by atoms with Crippen molar-refractivity contribution < 1.29 is 23.5 Å². The Kier molecular flexibility index (Phi) is 5.98. The first-order valence-corrected chi connectivity index (χ1v) is 8.53. The molecule has 0 aliphatic heterocycles. The van der Waals surface area contributed by atoms with Crippen molar-refractivity contribution in [2.75, 3.05) is 6.54 Å². The van der Waals surface area contributed by atoms with Gasteiger partial charge >= 0.3 is 5.97 Å². The van der Waals surface area contributed by atoms with E-state index in [4.69, 9.17) is 5.11 Å². The van der Waals surface area contributed by atoms with E-state index in [1.807, 2.05) is 0 Å². The molecule has 0 bridgehead atoms. The van der Waals surface area contributed by atoms with Crippen LogP contribution in [0.25, 0.3) is 5.69 Å². The minimum atomic E-state index is -0.926. The highest BCUT2D eigenvalue weighted by Gasteiger charge is 2.26. The van der Waals surface area contributed by atoms with Crippen molar-refractivity contribution in [3.05, 3.63) is 46.8 Å². The van der Waals surface area contributed by atoms with Crippen LogP contribution in [0.15, 0.2) is 18.2 Å². The second-order valence-corrected chi connectivity index (χ2v) is 7.12. The molecule has 0 radical (unpaired) electrons. The van der Waals surface area contributed by atoms with Gasteiger partial charge in [-0.3, -0.25) is 9.59 Å². The van der Waals surface area contributed by atoms with E-state index in [2.05, 4.69) is 10.4 Å². The van der Waals surface area contributed by atoms with Crippen LogP contribution in [0.3, 0.4) is 0 Å². The van der Waals surface area contributed by atoms with Crippen molar-refractivity contribution in [3.8, 4) is 5.69 Å². The van der Waals surface area contributed by atoms with Gasteiger partial charge in [-0.05, 0) is 46.2 Å². The highest BCUT2D eigenvalue weighted by molar-refractivity contribution is 5.79. The predicted octanol–water partition coefficient (Wildman–Crippen LogP) is 2.93. The van der Waals surface area contributed by atoms with Crippen LogP contribution in [-0.4, -0.2) is 33.3 Å². The fourth-order valence-corrected chi connectivity index (χ4v) is 2.66. The number of halogens is 2. The molecule has 1 aromatic heterocycles. The molecule has 1 amide bonds. The van der Waals surface area contributed by atoms with E-state index in [-0.39, 0.29) is 24.6 Å². The Hall–Kier alpha value is -2.77. The fraction of sp³-hybridized carbons (Fsp3) is 0.421. The molecule has 6 nitrogen and oxygen atoms in total. The molecule has 27 heavy (non-hydrogen) atoms. The Balaban J connectivity index is 2.10. The number of nitrogens with one attached hydrogen (secondary N) is 1. The average Bonchev–Trinajstić information content (AvgIpc) is 2.82. The van der Waals surface area contributed by atoms with Crippen LogP contribution in [0, 0.1) is 30.9 Å². The van der Waals surface area contributed by atoms with Crippen LogP contribution in [0.2, 0.25) is 0 Å². The van der Waals surface area contributed by atoms with Crippen LogP contribution < -0.4 is 5.32 Å². The smallest absolute Gasteiger partial charge is 0.309 e. The summed E-state index contributed by atoms with van der Waals surface area (Å²) in [4.78, 5) is 23.3. The number of carbonyl (C=O) groups is 2. The quantitative estimate of drug-likeness (QED) is 0.775. The van der Waals surface area contributed by atoms with Gasteiger partial charge in [0.05, 0.1) is 17.5 Å². The van der Waals surface area contributed by atoms with Crippen molar-refractivity contribution in [2.45, 2.75) is 40.5 Å². The number of aromatic nitrogens is 2. The molecule has 0 fully saturated rings. The largest absolute Gasteiger partial charge is 0.481 e. The van der Waals surface area contributed by atoms with E-state index < -0.39 is 23.0 Å². The molecule has 0 saturated carbocycles. The maximum atomic E-state index is 14.0. The van der Waals surface area contributed by atoms with Crippen molar-refractivity contribution in [1.29, 1.82) is 0 Å². The number of rotatable bonds is 7. The Morgan fingerprint density at radius 1 is 1.26 bits per heavy atom. The normalized spacial score (nSPS) is 11.5. The molecular formula is C19H23F2N3O3. The lowest BCUT2D eigenvalue weighted by molar-refractivity contribution is -0.147. The molecule has 1 aromatic carbocycles. The molecule has 2 rings (SSSR count). The van der Waals surface area contributed by atoms with Crippen LogP contribution in [0.1, 0.15) is 37.2 Å². The number of aliphatic carboxylic acids is 1. The van der Waals surface area contributed by atoms with E-state index in [9.17, 15) is 18.4 Å². The SMILES string of the molecule is Cc1nn(-c2ccc(F)cc2F)c(C)c1CC(=O)NCCC(C)(C)C(=O)O. The van der Waals surface area contributed by atoms with Crippen molar-refractivity contribution in [2.24, 2.45) is 5.41 Å². The first-order chi connectivity index (χ1) is 12.5. The lowest BCUT2D eigenvalue weighted by atomic mass is 9.90. The number of nitrogens with zero attached hydrogens (tertiary/aromatic N) is 2. The van der Waals surface area contributed by atoms with Crippen molar-refractivity contribution >= 4 is 11.9 Å². The second-order valence-electron chi connectivity index (χ2n) is 7.12. The molecule has 0 spiro atoms. The highest BCUT2D eigenvalue weighted by atomic mass is 19.1. The third kappa shape index (κ3) is 4.69. The number of amides is 1. The number of aryl methyl sites for hydroxylation is 1. The molecular weight excluding hydrogens is 356 g/mol. The first kappa shape index (κ1) is 20.5. The van der Waals surface area contributed by atoms with Gasteiger partial charge in [0.25, 0.3) is 0 Å². The molecule has 0 saturated heterocycles. The number of carbonyl (C=O) groups excluding carboxylic acids is 1. The van der Waals surface area contributed by atoms with E-state index in [1.54, 1.807) is 27.7 Å². The Morgan fingerprint density at radius 2 is 1.93 bits per heavy atom. The molecule has 2 aromatic rings. The van der Waals surface area contributed by atoms with E-state index in [1.165, 1.54) is 10.7 Å². The molecule has 8 heteroatoms. The summed E-state index contributed by atoms with van der Waals surface area (Å²) in [5.41, 5.74) is 0.973. The summed E-state index contributed by atoms with van der Waals surface area (Å²) < 4.78 is 28.5. The fourth-order valence-electron chi connectivity index (χ4n) is 2.66. The lowest BCUT2D eigenvalue weighted by Gasteiger charge is -2.18. The average molecular weight is 379 g/mol. The lowest BCUT2D eigenvalue weighted by Crippen LogP contribution is -2.32. The molecule has 0 aliphatic carbocycles. The van der Waals surface area contributed by atoms with Gasteiger partial charge < -0.3 is 10.4 Å². The molecule has 146 valence electrons. The summed E-state index contributed by atoms with van der Waals surface area (Å²) in [5.74, 6) is -2.62. The zero-order chi connectivity index (χ0) is 20.4. The van der Waals surface area contributed by atoms with E-state index >= 15 is 0 Å². The predicted molar refractivity (Wildman–Crippen MR) is 95.7 cm³/mol. The minimum absolute atomic E-state index is 0.0357. The number of benzene rings is 1. The van der Waals surface area contributed by atoms with Gasteiger partial charge in [-0.1, -0.05) is 0 Å². The van der Waals surface area contributed by atoms with Gasteiger partial charge in [0.15, 0.2) is 5.82 Å². The topological polar surface area (TPSA) is 84.2 Å². The van der Waals surface area contributed by atoms with E-state index in [0.29, 0.717) is 23.4 Å². The van der Waals surface area contributed by atoms with Gasteiger partial charge in [-0.2, -0.15) is 5.10 Å². The van der Waals surface area contributed by atoms with Crippen LogP contribution >= 0.6 is 0 Å². The standard InChI is InChI=1S/C19H23F2N3O3/c1-11-14(10-17(25)22-8-7-19(3,4)18(26)27)12(2)24(23-11)16-6-5-13(20)9-15(16)21/h5-6,9H,7-8,10H2,1-4H3,(H,22,25)(H,26,27). The van der Waals surface area contributed by atoms with Gasteiger partial charge in [0.2, 0.25) is 5.91 Å². The summed E-state index contributed by atoms with van der Waals surface area (Å²) in [6.45, 7) is 6.84. The van der Waals surface area contributed by atoms with Gasteiger partial charge in [-0.25, -0.2) is 13.5 Å². The zero-order valence-corrected chi connectivity index (χ0v) is 15.8. The van der Waals surface area contributed by atoms with Crippen molar-refractivity contribution in [1.82, 2.24) is 15.1 Å². The molecule has 0 aliphatic rings. The molecule has 0 atom stereocenters. The minimum Gasteiger partial charge on any atom is -0.481 e. The Morgan fingerprint density at radius 3 is 2.52 bits per heavy atom. The summed E-state index contributed by atoms with van der Waals surface area (Å²) in [5, 5.41) is 16.1. The molecule has 1 heterocycles. The zero-order valence-electron chi connectivity index (χ0n) is 15.8. The maximum absolute atomic E-state index is 14.0.